The maximum Gasteiger partial charge on any atom is 0.295 e. The highest BCUT2D eigenvalue weighted by molar-refractivity contribution is 8.18. The summed E-state index contributed by atoms with van der Waals surface area (Å²) in [5, 5.41) is 3.21. The predicted octanol–water partition coefficient (Wildman–Crippen LogP) is 4.45. The molecule has 0 atom stereocenters. The van der Waals surface area contributed by atoms with Gasteiger partial charge in [0, 0.05) is 5.56 Å². The van der Waals surface area contributed by atoms with E-state index in [1.165, 1.54) is 0 Å². The molecule has 0 unspecified atom stereocenters. The van der Waals surface area contributed by atoms with Crippen molar-refractivity contribution in [1.82, 2.24) is 4.90 Å². The molecular formula is C18H15ClN2O3S. The van der Waals surface area contributed by atoms with Gasteiger partial charge >= 0.3 is 0 Å². The van der Waals surface area contributed by atoms with Gasteiger partial charge in [-0.15, -0.1) is 0 Å². The van der Waals surface area contributed by atoms with Gasteiger partial charge in [0.15, 0.2) is 0 Å². The molecule has 7 heteroatoms. The molecule has 3 rings (SSSR count). The zero-order chi connectivity index (χ0) is 17.8. The van der Waals surface area contributed by atoms with Crippen molar-refractivity contribution >= 4 is 46.3 Å². The number of amides is 2. The number of thioether (sulfide) groups is 1. The van der Waals surface area contributed by atoms with Gasteiger partial charge < -0.3 is 10.1 Å². The highest BCUT2D eigenvalue weighted by Gasteiger charge is 2.35. The molecule has 1 aliphatic rings. The zero-order valence-corrected chi connectivity index (χ0v) is 14.9. The van der Waals surface area contributed by atoms with E-state index in [1.54, 1.807) is 31.4 Å². The molecule has 5 nitrogen and oxygen atoms in total. The second kappa shape index (κ2) is 7.63. The Labute approximate surface area is 154 Å². The Morgan fingerprint density at radius 2 is 1.88 bits per heavy atom. The molecule has 0 aromatic heterocycles. The van der Waals surface area contributed by atoms with Gasteiger partial charge in [0.05, 0.1) is 29.4 Å². The third-order valence-electron chi connectivity index (χ3n) is 3.60. The highest BCUT2D eigenvalue weighted by Crippen LogP contribution is 2.34. The number of nitrogens with zero attached hydrogens (tertiary/aromatic N) is 1. The minimum absolute atomic E-state index is 0.0532. The molecule has 0 saturated carbocycles. The van der Waals surface area contributed by atoms with Crippen molar-refractivity contribution in [2.45, 2.75) is 0 Å². The number of rotatable bonds is 5. The molecule has 2 aromatic carbocycles. The van der Waals surface area contributed by atoms with Crippen LogP contribution in [0.25, 0.3) is 6.08 Å². The van der Waals surface area contributed by atoms with Crippen molar-refractivity contribution in [3.63, 3.8) is 0 Å². The number of imide groups is 1. The number of para-hydroxylation sites is 2. The van der Waals surface area contributed by atoms with E-state index in [0.29, 0.717) is 21.4 Å². The molecular weight excluding hydrogens is 360 g/mol. The summed E-state index contributed by atoms with van der Waals surface area (Å²) in [5.74, 6) is 0.295. The summed E-state index contributed by atoms with van der Waals surface area (Å²) in [6, 6.07) is 14.5. The number of methoxy groups -OCH3 is 1. The Bertz CT molecular complexity index is 854. The third kappa shape index (κ3) is 3.81. The number of ether oxygens (including phenoxy) is 1. The van der Waals surface area contributed by atoms with Gasteiger partial charge in [-0.05, 0) is 36.0 Å². The second-order valence-electron chi connectivity index (χ2n) is 5.17. The summed E-state index contributed by atoms with van der Waals surface area (Å²) in [6.07, 6.45) is 1.67. The summed E-state index contributed by atoms with van der Waals surface area (Å²) in [6.45, 7) is 0.0532. The molecule has 25 heavy (non-hydrogen) atoms. The normalized spacial score (nSPS) is 15.8. The van der Waals surface area contributed by atoms with Crippen molar-refractivity contribution in [3.8, 4) is 5.75 Å². The van der Waals surface area contributed by atoms with Crippen molar-refractivity contribution < 1.29 is 14.3 Å². The first-order valence-electron chi connectivity index (χ1n) is 7.47. The van der Waals surface area contributed by atoms with Crippen LogP contribution in [0.1, 0.15) is 5.56 Å². The standard InChI is InChI=1S/C18H15ClN2O3S/c1-24-15-9-5-2-6-12(15)10-16-17(22)21(18(23)25-16)11-20-14-8-4-3-7-13(14)19/h2-10,20H,11H2,1H3. The van der Waals surface area contributed by atoms with Crippen molar-refractivity contribution in [2.75, 3.05) is 19.1 Å². The highest BCUT2D eigenvalue weighted by atomic mass is 35.5. The Balaban J connectivity index is 1.76. The first kappa shape index (κ1) is 17.4. The molecule has 2 aromatic rings. The zero-order valence-electron chi connectivity index (χ0n) is 13.4. The van der Waals surface area contributed by atoms with Crippen molar-refractivity contribution in [1.29, 1.82) is 0 Å². The van der Waals surface area contributed by atoms with Crippen LogP contribution < -0.4 is 10.1 Å². The van der Waals surface area contributed by atoms with Crippen LogP contribution in [-0.2, 0) is 4.79 Å². The Morgan fingerprint density at radius 1 is 1.16 bits per heavy atom. The van der Waals surface area contributed by atoms with Gasteiger partial charge in [0.25, 0.3) is 11.1 Å². The first-order chi connectivity index (χ1) is 12.1. The van der Waals surface area contributed by atoms with E-state index in [9.17, 15) is 9.59 Å². The number of anilines is 1. The fourth-order valence-electron chi connectivity index (χ4n) is 2.33. The third-order valence-corrected chi connectivity index (χ3v) is 4.84. The molecule has 0 radical (unpaired) electrons. The van der Waals surface area contributed by atoms with E-state index in [0.717, 1.165) is 22.2 Å². The Hall–Kier alpha value is -2.44. The van der Waals surface area contributed by atoms with Gasteiger partial charge in [-0.25, -0.2) is 0 Å². The van der Waals surface area contributed by atoms with E-state index >= 15 is 0 Å². The maximum absolute atomic E-state index is 12.5. The first-order valence-corrected chi connectivity index (χ1v) is 8.66. The number of carbonyl (C=O) groups excluding carboxylic acids is 2. The molecule has 0 spiro atoms. The second-order valence-corrected chi connectivity index (χ2v) is 6.57. The van der Waals surface area contributed by atoms with Gasteiger partial charge in [-0.1, -0.05) is 41.9 Å². The summed E-state index contributed by atoms with van der Waals surface area (Å²) >= 11 is 6.98. The van der Waals surface area contributed by atoms with Crippen LogP contribution >= 0.6 is 23.4 Å². The van der Waals surface area contributed by atoms with Crippen LogP contribution in [0.5, 0.6) is 5.75 Å². The Kier molecular flexibility index (Phi) is 5.31. The quantitative estimate of drug-likeness (QED) is 0.783. The van der Waals surface area contributed by atoms with Crippen LogP contribution in [0.2, 0.25) is 5.02 Å². The Morgan fingerprint density at radius 3 is 2.64 bits per heavy atom. The molecule has 0 aliphatic carbocycles. The summed E-state index contributed by atoms with van der Waals surface area (Å²) in [4.78, 5) is 26.2. The van der Waals surface area contributed by atoms with Crippen LogP contribution in [0.4, 0.5) is 10.5 Å². The van der Waals surface area contributed by atoms with E-state index in [-0.39, 0.29) is 17.8 Å². The number of nitrogens with one attached hydrogen (secondary N) is 1. The fourth-order valence-corrected chi connectivity index (χ4v) is 3.36. The smallest absolute Gasteiger partial charge is 0.295 e. The van der Waals surface area contributed by atoms with Crippen molar-refractivity contribution in [3.05, 3.63) is 64.0 Å². The number of halogens is 1. The lowest BCUT2D eigenvalue weighted by molar-refractivity contribution is -0.122. The molecule has 128 valence electrons. The average molecular weight is 375 g/mol. The molecule has 1 aliphatic heterocycles. The summed E-state index contributed by atoms with van der Waals surface area (Å²) in [5.41, 5.74) is 1.41. The molecule has 1 heterocycles. The van der Waals surface area contributed by atoms with Crippen LogP contribution in [-0.4, -0.2) is 29.8 Å². The van der Waals surface area contributed by atoms with E-state index in [2.05, 4.69) is 5.32 Å². The van der Waals surface area contributed by atoms with Gasteiger partial charge in [-0.2, -0.15) is 0 Å². The predicted molar refractivity (Wildman–Crippen MR) is 101 cm³/mol. The van der Waals surface area contributed by atoms with Crippen LogP contribution in [0, 0.1) is 0 Å². The number of benzene rings is 2. The molecule has 1 fully saturated rings. The van der Waals surface area contributed by atoms with Crippen LogP contribution in [0.15, 0.2) is 53.4 Å². The minimum Gasteiger partial charge on any atom is -0.496 e. The number of hydrogen-bond donors (Lipinski definition) is 1. The van der Waals surface area contributed by atoms with Gasteiger partial charge in [0.1, 0.15) is 5.75 Å². The van der Waals surface area contributed by atoms with Crippen LogP contribution in [0.3, 0.4) is 0 Å². The minimum atomic E-state index is -0.347. The number of hydrogen-bond acceptors (Lipinski definition) is 5. The van der Waals surface area contributed by atoms with Crippen molar-refractivity contribution in [2.24, 2.45) is 0 Å². The van der Waals surface area contributed by atoms with Gasteiger partial charge in [0.2, 0.25) is 0 Å². The largest absolute Gasteiger partial charge is 0.496 e. The van der Waals surface area contributed by atoms with E-state index in [4.69, 9.17) is 16.3 Å². The molecule has 1 N–H and O–H groups in total. The maximum atomic E-state index is 12.5. The van der Waals surface area contributed by atoms with Gasteiger partial charge in [-0.3, -0.25) is 14.5 Å². The topological polar surface area (TPSA) is 58.6 Å². The lowest BCUT2D eigenvalue weighted by atomic mass is 10.2. The monoisotopic (exact) mass is 374 g/mol. The number of carbonyl (C=O) groups is 2. The molecule has 0 bridgehead atoms. The summed E-state index contributed by atoms with van der Waals surface area (Å²) < 4.78 is 5.27. The lowest BCUT2D eigenvalue weighted by Crippen LogP contribution is -2.33. The average Bonchev–Trinajstić information content (AvgIpc) is 2.88. The molecule has 1 saturated heterocycles. The lowest BCUT2D eigenvalue weighted by Gasteiger charge is -2.15. The fraction of sp³-hybridized carbons (Fsp3) is 0.111. The van der Waals surface area contributed by atoms with E-state index in [1.807, 2.05) is 30.3 Å². The van der Waals surface area contributed by atoms with E-state index < -0.39 is 0 Å². The summed E-state index contributed by atoms with van der Waals surface area (Å²) in [7, 11) is 1.56. The molecule has 2 amide bonds. The SMILES string of the molecule is COc1ccccc1C=C1SC(=O)N(CNc2ccccc2Cl)C1=O.